The Morgan fingerprint density at radius 3 is 2.74 bits per heavy atom. The molecule has 138 valence electrons. The highest BCUT2D eigenvalue weighted by Gasteiger charge is 2.14. The fourth-order valence-corrected chi connectivity index (χ4v) is 3.50. The summed E-state index contributed by atoms with van der Waals surface area (Å²) in [6, 6.07) is 12.0. The molecule has 0 unspecified atom stereocenters. The molecule has 1 N–H and O–H groups in total. The lowest BCUT2D eigenvalue weighted by Crippen LogP contribution is -2.08. The molecule has 0 radical (unpaired) electrons. The van der Waals surface area contributed by atoms with Gasteiger partial charge in [0, 0.05) is 0 Å². The topological polar surface area (TPSA) is 70.9 Å². The summed E-state index contributed by atoms with van der Waals surface area (Å²) in [5, 5.41) is 9.65. The molecule has 0 aliphatic rings. The molecular weight excluding hydrogens is 453 g/mol. The number of methoxy groups -OCH3 is 1. The van der Waals surface area contributed by atoms with Crippen LogP contribution in [0, 0.1) is 21.8 Å². The highest BCUT2D eigenvalue weighted by Crippen LogP contribution is 2.35. The van der Waals surface area contributed by atoms with Gasteiger partial charge in [0.15, 0.2) is 11.5 Å². The number of nitrogens with zero attached hydrogens (tertiary/aromatic N) is 2. The van der Waals surface area contributed by atoms with Crippen LogP contribution in [0.25, 0.3) is 22.7 Å². The maximum Gasteiger partial charge on any atom is 0.174 e. The Kier molecular flexibility index (Phi) is 5.71. The Morgan fingerprint density at radius 1 is 1.30 bits per heavy atom. The number of benzene rings is 2. The van der Waals surface area contributed by atoms with Crippen molar-refractivity contribution in [2.75, 3.05) is 7.11 Å². The van der Waals surface area contributed by atoms with E-state index in [4.69, 9.17) is 9.47 Å². The van der Waals surface area contributed by atoms with E-state index in [9.17, 15) is 5.26 Å². The normalized spacial score (nSPS) is 11.7. The molecule has 5 nitrogen and oxygen atoms in total. The Morgan fingerprint density at radius 2 is 2.07 bits per heavy atom. The van der Waals surface area contributed by atoms with Gasteiger partial charge in [0.25, 0.3) is 0 Å². The fraction of sp³-hybridized carbons (Fsp3) is 0.238. The maximum atomic E-state index is 9.65. The SMILES string of the molecule is COc1cc(C=C(C#N)c2nc3ccc(C)cc3[nH]2)cc(I)c1OC(C)C. The van der Waals surface area contributed by atoms with Crippen molar-refractivity contribution in [1.29, 1.82) is 5.26 Å². The molecule has 0 aliphatic heterocycles. The van der Waals surface area contributed by atoms with E-state index in [-0.39, 0.29) is 6.10 Å². The third-order valence-corrected chi connectivity index (χ3v) is 4.73. The Balaban J connectivity index is 2.04. The van der Waals surface area contributed by atoms with Crippen molar-refractivity contribution in [3.05, 3.63) is 50.9 Å². The number of hydrogen-bond acceptors (Lipinski definition) is 4. The molecule has 0 atom stereocenters. The number of halogens is 1. The lowest BCUT2D eigenvalue weighted by molar-refractivity contribution is 0.228. The van der Waals surface area contributed by atoms with Crippen molar-refractivity contribution in [3.8, 4) is 17.6 Å². The zero-order chi connectivity index (χ0) is 19.6. The standard InChI is InChI=1S/C21H20IN3O2/c1-12(2)27-20-16(22)9-14(10-19(20)26-4)8-15(11-23)21-24-17-6-5-13(3)7-18(17)25-21/h5-10,12H,1-4H3,(H,24,25). The van der Waals surface area contributed by atoms with Crippen molar-refractivity contribution in [3.63, 3.8) is 0 Å². The number of nitrogens with one attached hydrogen (secondary N) is 1. The highest BCUT2D eigenvalue weighted by atomic mass is 127. The van der Waals surface area contributed by atoms with Gasteiger partial charge in [-0.25, -0.2) is 4.98 Å². The monoisotopic (exact) mass is 473 g/mol. The van der Waals surface area contributed by atoms with Gasteiger partial charge in [-0.1, -0.05) is 6.07 Å². The van der Waals surface area contributed by atoms with Crippen LogP contribution >= 0.6 is 22.6 Å². The molecule has 3 aromatic rings. The predicted molar refractivity (Wildman–Crippen MR) is 116 cm³/mol. The summed E-state index contributed by atoms with van der Waals surface area (Å²) in [7, 11) is 1.61. The summed E-state index contributed by atoms with van der Waals surface area (Å²) < 4.78 is 12.3. The van der Waals surface area contributed by atoms with E-state index in [0.29, 0.717) is 22.9 Å². The molecular formula is C21H20IN3O2. The minimum Gasteiger partial charge on any atom is -0.493 e. The molecule has 2 aromatic carbocycles. The molecule has 0 bridgehead atoms. The summed E-state index contributed by atoms with van der Waals surface area (Å²) in [6.45, 7) is 5.97. The lowest BCUT2D eigenvalue weighted by Gasteiger charge is -2.16. The molecule has 3 rings (SSSR count). The lowest BCUT2D eigenvalue weighted by atomic mass is 10.1. The van der Waals surface area contributed by atoms with E-state index in [0.717, 1.165) is 25.7 Å². The number of fused-ring (bicyclic) bond motifs is 1. The van der Waals surface area contributed by atoms with E-state index in [1.807, 2.05) is 51.1 Å². The third-order valence-electron chi connectivity index (χ3n) is 3.93. The number of aromatic nitrogens is 2. The molecule has 6 heteroatoms. The van der Waals surface area contributed by atoms with Crippen LogP contribution in [0.2, 0.25) is 0 Å². The van der Waals surface area contributed by atoms with Crippen LogP contribution in [0.1, 0.15) is 30.8 Å². The first-order valence-corrected chi connectivity index (χ1v) is 9.62. The molecule has 0 spiro atoms. The summed E-state index contributed by atoms with van der Waals surface area (Å²) in [6.07, 6.45) is 1.84. The van der Waals surface area contributed by atoms with Gasteiger partial charge in [0.1, 0.15) is 11.9 Å². The molecule has 0 aliphatic carbocycles. The number of imidazole rings is 1. The number of rotatable bonds is 5. The minimum atomic E-state index is 0.0440. The second-order valence-electron chi connectivity index (χ2n) is 6.48. The number of ether oxygens (including phenoxy) is 2. The zero-order valence-electron chi connectivity index (χ0n) is 15.6. The second kappa shape index (κ2) is 8.01. The Labute approximate surface area is 172 Å². The van der Waals surface area contributed by atoms with Gasteiger partial charge in [-0.05, 0) is 84.8 Å². The number of allylic oxidation sites excluding steroid dienone is 1. The summed E-state index contributed by atoms with van der Waals surface area (Å²) in [5.74, 6) is 1.90. The summed E-state index contributed by atoms with van der Waals surface area (Å²) >= 11 is 2.22. The largest absolute Gasteiger partial charge is 0.493 e. The smallest absolute Gasteiger partial charge is 0.174 e. The average Bonchev–Trinajstić information content (AvgIpc) is 3.04. The number of hydrogen-bond donors (Lipinski definition) is 1. The molecule has 0 fully saturated rings. The third kappa shape index (κ3) is 4.25. The Bertz CT molecular complexity index is 1060. The van der Waals surface area contributed by atoms with E-state index < -0.39 is 0 Å². The van der Waals surface area contributed by atoms with Gasteiger partial charge in [-0.2, -0.15) is 5.26 Å². The number of H-pyrrole nitrogens is 1. The average molecular weight is 473 g/mol. The van der Waals surface area contributed by atoms with Crippen molar-refractivity contribution >= 4 is 45.3 Å². The molecule has 0 amide bonds. The van der Waals surface area contributed by atoms with Gasteiger partial charge in [0.05, 0.1) is 33.4 Å². The highest BCUT2D eigenvalue weighted by molar-refractivity contribution is 14.1. The minimum absolute atomic E-state index is 0.0440. The van der Waals surface area contributed by atoms with Gasteiger partial charge in [-0.15, -0.1) is 0 Å². The van der Waals surface area contributed by atoms with Crippen LogP contribution < -0.4 is 9.47 Å². The quantitative estimate of drug-likeness (QED) is 0.402. The summed E-state index contributed by atoms with van der Waals surface area (Å²) in [5.41, 5.74) is 4.20. The molecule has 27 heavy (non-hydrogen) atoms. The first-order chi connectivity index (χ1) is 12.9. The maximum absolute atomic E-state index is 9.65. The fourth-order valence-electron chi connectivity index (χ4n) is 2.74. The van der Waals surface area contributed by atoms with Crippen LogP contribution in [0.5, 0.6) is 11.5 Å². The van der Waals surface area contributed by atoms with Crippen molar-refractivity contribution < 1.29 is 9.47 Å². The van der Waals surface area contributed by atoms with Crippen molar-refractivity contribution in [1.82, 2.24) is 9.97 Å². The van der Waals surface area contributed by atoms with Crippen LogP contribution in [-0.2, 0) is 0 Å². The first kappa shape index (κ1) is 19.2. The van der Waals surface area contributed by atoms with Crippen LogP contribution in [0.3, 0.4) is 0 Å². The molecule has 0 saturated heterocycles. The zero-order valence-corrected chi connectivity index (χ0v) is 17.8. The van der Waals surface area contributed by atoms with E-state index >= 15 is 0 Å². The van der Waals surface area contributed by atoms with Crippen LogP contribution in [-0.4, -0.2) is 23.2 Å². The van der Waals surface area contributed by atoms with Gasteiger partial charge < -0.3 is 14.5 Å². The number of aromatic amines is 1. The molecule has 1 aromatic heterocycles. The molecule has 0 saturated carbocycles. The van der Waals surface area contributed by atoms with E-state index in [1.165, 1.54) is 0 Å². The van der Waals surface area contributed by atoms with Crippen molar-refractivity contribution in [2.45, 2.75) is 26.9 Å². The predicted octanol–water partition coefficient (Wildman–Crippen LogP) is 5.34. The first-order valence-electron chi connectivity index (χ1n) is 8.54. The van der Waals surface area contributed by atoms with E-state index in [1.54, 1.807) is 13.2 Å². The number of nitriles is 1. The Hall–Kier alpha value is -2.53. The second-order valence-corrected chi connectivity index (χ2v) is 7.64. The molecule has 1 heterocycles. The van der Waals surface area contributed by atoms with E-state index in [2.05, 4.69) is 38.6 Å². The van der Waals surface area contributed by atoms with Gasteiger partial charge in [0.2, 0.25) is 0 Å². The van der Waals surface area contributed by atoms with Gasteiger partial charge >= 0.3 is 0 Å². The van der Waals surface area contributed by atoms with Gasteiger partial charge in [-0.3, -0.25) is 0 Å². The van der Waals surface area contributed by atoms with Crippen LogP contribution in [0.4, 0.5) is 0 Å². The number of aryl methyl sites for hydroxylation is 1. The van der Waals surface area contributed by atoms with Crippen molar-refractivity contribution in [2.24, 2.45) is 0 Å². The van der Waals surface area contributed by atoms with Crippen LogP contribution in [0.15, 0.2) is 30.3 Å². The summed E-state index contributed by atoms with van der Waals surface area (Å²) in [4.78, 5) is 7.77.